The summed E-state index contributed by atoms with van der Waals surface area (Å²) in [6, 6.07) is 9.12. The molecule has 1 aliphatic heterocycles. The summed E-state index contributed by atoms with van der Waals surface area (Å²) in [5.74, 6) is 0.591. The zero-order valence-electron chi connectivity index (χ0n) is 13.4. The van der Waals surface area contributed by atoms with Gasteiger partial charge in [0.1, 0.15) is 0 Å². The summed E-state index contributed by atoms with van der Waals surface area (Å²) in [5.41, 5.74) is 9.04. The van der Waals surface area contributed by atoms with Crippen LogP contribution in [0.25, 0.3) is 0 Å². The lowest BCUT2D eigenvalue weighted by molar-refractivity contribution is 0.279. The minimum absolute atomic E-state index is 0.237. The predicted octanol–water partition coefficient (Wildman–Crippen LogP) is 3.20. The Balaban J connectivity index is 1.93. The quantitative estimate of drug-likeness (QED) is 0.893. The molecule has 1 heterocycles. The van der Waals surface area contributed by atoms with Crippen LogP contribution in [0.5, 0.6) is 0 Å². The molecule has 1 unspecified atom stereocenters. The standard InChI is InChI=1S/C18H30N2/c1-18(2,3)17-8-6-15(7-9-17)12-16(13-19)14-20-10-4-5-11-20/h6-9,16H,4-5,10-14,19H2,1-3H3. The Morgan fingerprint density at radius 1 is 1.10 bits per heavy atom. The maximum absolute atomic E-state index is 5.97. The minimum Gasteiger partial charge on any atom is -0.330 e. The number of hydrogen-bond donors (Lipinski definition) is 1. The van der Waals surface area contributed by atoms with Crippen molar-refractivity contribution in [2.24, 2.45) is 11.7 Å². The van der Waals surface area contributed by atoms with Gasteiger partial charge in [0.2, 0.25) is 0 Å². The Kier molecular flexibility index (Phi) is 5.22. The van der Waals surface area contributed by atoms with Crippen LogP contribution >= 0.6 is 0 Å². The molecule has 2 rings (SSSR count). The molecule has 0 saturated carbocycles. The first kappa shape index (κ1) is 15.5. The van der Waals surface area contributed by atoms with Crippen LogP contribution in [0.4, 0.5) is 0 Å². The SMILES string of the molecule is CC(C)(C)c1ccc(CC(CN)CN2CCCC2)cc1. The molecule has 0 aliphatic carbocycles. The van der Waals surface area contributed by atoms with Gasteiger partial charge in [-0.1, -0.05) is 45.0 Å². The van der Waals surface area contributed by atoms with E-state index in [2.05, 4.69) is 49.9 Å². The van der Waals surface area contributed by atoms with E-state index >= 15 is 0 Å². The average Bonchev–Trinajstić information content (AvgIpc) is 2.90. The van der Waals surface area contributed by atoms with E-state index in [0.29, 0.717) is 5.92 Å². The van der Waals surface area contributed by atoms with E-state index in [0.717, 1.165) is 19.5 Å². The van der Waals surface area contributed by atoms with Gasteiger partial charge >= 0.3 is 0 Å². The highest BCUT2D eigenvalue weighted by Gasteiger charge is 2.17. The average molecular weight is 274 g/mol. The van der Waals surface area contributed by atoms with Gasteiger partial charge in [0.25, 0.3) is 0 Å². The molecule has 2 heteroatoms. The van der Waals surface area contributed by atoms with E-state index in [4.69, 9.17) is 5.73 Å². The zero-order chi connectivity index (χ0) is 14.6. The van der Waals surface area contributed by atoms with E-state index in [1.54, 1.807) is 0 Å². The first-order chi connectivity index (χ1) is 9.49. The van der Waals surface area contributed by atoms with Crippen molar-refractivity contribution in [2.75, 3.05) is 26.2 Å². The molecule has 1 fully saturated rings. The number of rotatable bonds is 5. The van der Waals surface area contributed by atoms with Crippen molar-refractivity contribution in [3.05, 3.63) is 35.4 Å². The highest BCUT2D eigenvalue weighted by molar-refractivity contribution is 5.27. The summed E-state index contributed by atoms with van der Waals surface area (Å²) in [7, 11) is 0. The van der Waals surface area contributed by atoms with Crippen molar-refractivity contribution in [3.8, 4) is 0 Å². The lowest BCUT2D eigenvalue weighted by atomic mass is 9.86. The minimum atomic E-state index is 0.237. The molecule has 1 atom stereocenters. The first-order valence-electron chi connectivity index (χ1n) is 8.01. The fourth-order valence-corrected chi connectivity index (χ4v) is 3.03. The third-order valence-electron chi connectivity index (χ3n) is 4.39. The fraction of sp³-hybridized carbons (Fsp3) is 0.667. The molecular weight excluding hydrogens is 244 g/mol. The van der Waals surface area contributed by atoms with Crippen molar-refractivity contribution in [2.45, 2.75) is 45.4 Å². The van der Waals surface area contributed by atoms with E-state index in [9.17, 15) is 0 Å². The molecular formula is C18H30N2. The van der Waals surface area contributed by atoms with Gasteiger partial charge in [-0.2, -0.15) is 0 Å². The van der Waals surface area contributed by atoms with E-state index < -0.39 is 0 Å². The second kappa shape index (κ2) is 6.73. The molecule has 1 aromatic carbocycles. The molecule has 0 aromatic heterocycles. The van der Waals surface area contributed by atoms with Crippen molar-refractivity contribution in [3.63, 3.8) is 0 Å². The van der Waals surface area contributed by atoms with Crippen molar-refractivity contribution < 1.29 is 0 Å². The second-order valence-corrected chi connectivity index (χ2v) is 7.26. The van der Waals surface area contributed by atoms with Crippen LogP contribution in [0.2, 0.25) is 0 Å². The third kappa shape index (κ3) is 4.32. The van der Waals surface area contributed by atoms with Crippen molar-refractivity contribution in [1.29, 1.82) is 0 Å². The maximum atomic E-state index is 5.97. The first-order valence-corrected chi connectivity index (χ1v) is 8.01. The molecule has 112 valence electrons. The van der Waals surface area contributed by atoms with Crippen LogP contribution in [0.3, 0.4) is 0 Å². The summed E-state index contributed by atoms with van der Waals surface area (Å²) < 4.78 is 0. The molecule has 0 amide bonds. The van der Waals surface area contributed by atoms with E-state index in [1.165, 1.54) is 37.1 Å². The molecule has 1 aliphatic rings. The number of hydrogen-bond acceptors (Lipinski definition) is 2. The molecule has 1 aromatic rings. The summed E-state index contributed by atoms with van der Waals surface area (Å²) in [6.07, 6.45) is 3.83. The molecule has 2 N–H and O–H groups in total. The van der Waals surface area contributed by atoms with Gasteiger partial charge in [-0.3, -0.25) is 0 Å². The Morgan fingerprint density at radius 3 is 2.20 bits per heavy atom. The number of benzene rings is 1. The highest BCUT2D eigenvalue weighted by Crippen LogP contribution is 2.23. The Morgan fingerprint density at radius 2 is 1.70 bits per heavy atom. The number of nitrogens with zero attached hydrogens (tertiary/aromatic N) is 1. The highest BCUT2D eigenvalue weighted by atomic mass is 15.1. The van der Waals surface area contributed by atoms with Gasteiger partial charge in [0, 0.05) is 6.54 Å². The van der Waals surface area contributed by atoms with Crippen molar-refractivity contribution in [1.82, 2.24) is 4.90 Å². The smallest absolute Gasteiger partial charge is 0.00249 e. The normalized spacial score (nSPS) is 18.4. The molecule has 20 heavy (non-hydrogen) atoms. The van der Waals surface area contributed by atoms with Crippen LogP contribution in [-0.4, -0.2) is 31.1 Å². The summed E-state index contributed by atoms with van der Waals surface area (Å²) >= 11 is 0. The Hall–Kier alpha value is -0.860. The third-order valence-corrected chi connectivity index (χ3v) is 4.39. The maximum Gasteiger partial charge on any atom is 0.00249 e. The Bertz CT molecular complexity index is 396. The molecule has 0 bridgehead atoms. The van der Waals surface area contributed by atoms with Gasteiger partial charge in [-0.25, -0.2) is 0 Å². The molecule has 0 spiro atoms. The van der Waals surface area contributed by atoms with Crippen LogP contribution in [-0.2, 0) is 11.8 Å². The number of likely N-dealkylation sites (tertiary alicyclic amines) is 1. The lowest BCUT2D eigenvalue weighted by Crippen LogP contribution is -2.32. The van der Waals surface area contributed by atoms with Gasteiger partial charge in [-0.15, -0.1) is 0 Å². The monoisotopic (exact) mass is 274 g/mol. The van der Waals surface area contributed by atoms with Gasteiger partial charge in [0.05, 0.1) is 0 Å². The summed E-state index contributed by atoms with van der Waals surface area (Å²) in [4.78, 5) is 2.57. The van der Waals surface area contributed by atoms with E-state index in [-0.39, 0.29) is 5.41 Å². The zero-order valence-corrected chi connectivity index (χ0v) is 13.4. The molecule has 1 saturated heterocycles. The van der Waals surface area contributed by atoms with E-state index in [1.807, 2.05) is 0 Å². The number of nitrogens with two attached hydrogens (primary N) is 1. The van der Waals surface area contributed by atoms with Crippen LogP contribution < -0.4 is 5.73 Å². The van der Waals surface area contributed by atoms with Gasteiger partial charge in [0.15, 0.2) is 0 Å². The largest absolute Gasteiger partial charge is 0.330 e. The fourth-order valence-electron chi connectivity index (χ4n) is 3.03. The van der Waals surface area contributed by atoms with Crippen LogP contribution in [0.1, 0.15) is 44.7 Å². The predicted molar refractivity (Wildman–Crippen MR) is 87.1 cm³/mol. The van der Waals surface area contributed by atoms with Gasteiger partial charge < -0.3 is 10.6 Å². The summed E-state index contributed by atoms with van der Waals surface area (Å²) in [6.45, 7) is 11.3. The summed E-state index contributed by atoms with van der Waals surface area (Å²) in [5, 5.41) is 0. The van der Waals surface area contributed by atoms with Crippen molar-refractivity contribution >= 4 is 0 Å². The second-order valence-electron chi connectivity index (χ2n) is 7.26. The van der Waals surface area contributed by atoms with Crippen LogP contribution in [0.15, 0.2) is 24.3 Å². The lowest BCUT2D eigenvalue weighted by Gasteiger charge is -2.23. The molecule has 0 radical (unpaired) electrons. The topological polar surface area (TPSA) is 29.3 Å². The van der Waals surface area contributed by atoms with Gasteiger partial charge in [-0.05, 0) is 61.4 Å². The van der Waals surface area contributed by atoms with Crippen LogP contribution in [0, 0.1) is 5.92 Å². The Labute approximate surface area is 124 Å². The molecule has 2 nitrogen and oxygen atoms in total.